The molecular weight excluding hydrogens is 450 g/mol. The summed E-state index contributed by atoms with van der Waals surface area (Å²) in [6.07, 6.45) is -4.81. The molecule has 3 rings (SSSR count). The zero-order chi connectivity index (χ0) is 23.3. The third-order valence-corrected chi connectivity index (χ3v) is 4.41. The third-order valence-electron chi connectivity index (χ3n) is 4.12. The van der Waals surface area contributed by atoms with E-state index in [1.54, 1.807) is 12.1 Å². The van der Waals surface area contributed by atoms with Crippen molar-refractivity contribution < 1.29 is 22.3 Å². The van der Waals surface area contributed by atoms with Gasteiger partial charge in [0, 0.05) is 30.4 Å². The predicted octanol–water partition coefficient (Wildman–Crippen LogP) is 5.55. The fourth-order valence-corrected chi connectivity index (χ4v) is 2.88. The molecule has 0 spiro atoms. The second-order valence-corrected chi connectivity index (χ2v) is 7.43. The van der Waals surface area contributed by atoms with Gasteiger partial charge in [-0.05, 0) is 44.4 Å². The van der Waals surface area contributed by atoms with E-state index in [9.17, 15) is 17.6 Å². The Bertz CT molecular complexity index is 1080. The molecule has 3 aromatic rings. The minimum atomic E-state index is -4.81. The highest BCUT2D eigenvalue weighted by molar-refractivity contribution is 6.31. The van der Waals surface area contributed by atoms with Gasteiger partial charge in [0.25, 0.3) is 0 Å². The SMILES string of the molecule is CN(C)CCNc1nc(Nc2ccc(F)c(Cl)c2)cc(-c2cccc(OC(F)(F)F)c2)n1. The topological polar surface area (TPSA) is 62.3 Å². The Morgan fingerprint density at radius 2 is 1.84 bits per heavy atom. The van der Waals surface area contributed by atoms with Crippen LogP contribution in [0, 0.1) is 5.82 Å². The van der Waals surface area contributed by atoms with Gasteiger partial charge in [0.2, 0.25) is 5.95 Å². The van der Waals surface area contributed by atoms with E-state index in [4.69, 9.17) is 11.6 Å². The smallest absolute Gasteiger partial charge is 0.406 e. The average molecular weight is 470 g/mol. The number of ether oxygens (including phenoxy) is 1. The zero-order valence-corrected chi connectivity index (χ0v) is 17.9. The van der Waals surface area contributed by atoms with Crippen molar-refractivity contribution in [1.29, 1.82) is 0 Å². The highest BCUT2D eigenvalue weighted by Crippen LogP contribution is 2.30. The number of halogens is 5. The van der Waals surface area contributed by atoms with Gasteiger partial charge >= 0.3 is 6.36 Å². The van der Waals surface area contributed by atoms with Crippen molar-refractivity contribution in [2.24, 2.45) is 0 Å². The van der Waals surface area contributed by atoms with Crippen LogP contribution >= 0.6 is 11.6 Å². The standard InChI is InChI=1S/C21H20ClF4N5O/c1-31(2)9-8-27-20-29-18(13-4-3-5-15(10-13)32-21(24,25)26)12-19(30-20)28-14-6-7-17(23)16(22)11-14/h3-7,10-12H,8-9H2,1-2H3,(H2,27,28,29,30). The molecule has 6 nitrogen and oxygen atoms in total. The average Bonchev–Trinajstić information content (AvgIpc) is 2.69. The molecule has 0 radical (unpaired) electrons. The third kappa shape index (κ3) is 6.96. The van der Waals surface area contributed by atoms with Crippen LogP contribution in [-0.2, 0) is 0 Å². The number of aromatic nitrogens is 2. The van der Waals surface area contributed by atoms with Crippen LogP contribution in [0.4, 0.5) is 35.0 Å². The van der Waals surface area contributed by atoms with Gasteiger partial charge in [-0.1, -0.05) is 23.7 Å². The van der Waals surface area contributed by atoms with Crippen LogP contribution in [0.5, 0.6) is 5.75 Å². The number of nitrogens with zero attached hydrogens (tertiary/aromatic N) is 3. The molecule has 0 unspecified atom stereocenters. The Morgan fingerprint density at radius 1 is 1.06 bits per heavy atom. The van der Waals surface area contributed by atoms with E-state index in [1.165, 1.54) is 36.4 Å². The summed E-state index contributed by atoms with van der Waals surface area (Å²) >= 11 is 5.84. The molecule has 1 heterocycles. The molecule has 170 valence electrons. The van der Waals surface area contributed by atoms with E-state index in [0.29, 0.717) is 35.9 Å². The lowest BCUT2D eigenvalue weighted by Crippen LogP contribution is -2.21. The summed E-state index contributed by atoms with van der Waals surface area (Å²) in [6.45, 7) is 1.24. The van der Waals surface area contributed by atoms with Crippen molar-refractivity contribution >= 4 is 29.1 Å². The molecule has 11 heteroatoms. The maximum Gasteiger partial charge on any atom is 0.573 e. The number of hydrogen-bond acceptors (Lipinski definition) is 6. The fraction of sp³-hybridized carbons (Fsp3) is 0.238. The van der Waals surface area contributed by atoms with Gasteiger partial charge in [0.1, 0.15) is 17.4 Å². The highest BCUT2D eigenvalue weighted by atomic mass is 35.5. The second kappa shape index (κ2) is 10.0. The van der Waals surface area contributed by atoms with Crippen LogP contribution in [0.3, 0.4) is 0 Å². The minimum absolute atomic E-state index is 0.0642. The number of nitrogens with one attached hydrogen (secondary N) is 2. The molecule has 0 aliphatic rings. The van der Waals surface area contributed by atoms with Crippen LogP contribution in [0.1, 0.15) is 0 Å². The first-order valence-electron chi connectivity index (χ1n) is 9.45. The number of anilines is 3. The summed E-state index contributed by atoms with van der Waals surface area (Å²) < 4.78 is 55.3. The number of likely N-dealkylation sites (N-methyl/N-ethyl adjacent to an activating group) is 1. The molecule has 2 N–H and O–H groups in total. The maximum atomic E-state index is 13.5. The molecular formula is C21H20ClF4N5O. The molecule has 2 aromatic carbocycles. The number of alkyl halides is 3. The number of rotatable bonds is 8. The monoisotopic (exact) mass is 469 g/mol. The summed E-state index contributed by atoms with van der Waals surface area (Å²) in [4.78, 5) is 10.8. The van der Waals surface area contributed by atoms with Crippen molar-refractivity contribution in [3.63, 3.8) is 0 Å². The van der Waals surface area contributed by atoms with E-state index >= 15 is 0 Å². The predicted molar refractivity (Wildman–Crippen MR) is 116 cm³/mol. The molecule has 32 heavy (non-hydrogen) atoms. The lowest BCUT2D eigenvalue weighted by Gasteiger charge is -2.14. The molecule has 0 saturated carbocycles. The van der Waals surface area contributed by atoms with Gasteiger partial charge in [0.05, 0.1) is 10.7 Å². The molecule has 0 atom stereocenters. The van der Waals surface area contributed by atoms with E-state index in [0.717, 1.165) is 0 Å². The van der Waals surface area contributed by atoms with Gasteiger partial charge in [-0.15, -0.1) is 13.2 Å². The maximum absolute atomic E-state index is 13.5. The van der Waals surface area contributed by atoms with Crippen molar-refractivity contribution in [2.45, 2.75) is 6.36 Å². The molecule has 0 bridgehead atoms. The van der Waals surface area contributed by atoms with Crippen molar-refractivity contribution in [3.05, 3.63) is 59.4 Å². The van der Waals surface area contributed by atoms with E-state index in [-0.39, 0.29) is 16.7 Å². The van der Waals surface area contributed by atoms with Gasteiger partial charge in [-0.25, -0.2) is 9.37 Å². The van der Waals surface area contributed by atoms with Crippen LogP contribution in [0.2, 0.25) is 5.02 Å². The van der Waals surface area contributed by atoms with Gasteiger partial charge in [-0.3, -0.25) is 0 Å². The Labute approximate surface area is 187 Å². The van der Waals surface area contributed by atoms with Gasteiger partial charge < -0.3 is 20.3 Å². The summed E-state index contributed by atoms with van der Waals surface area (Å²) in [6, 6.07) is 11.1. The Morgan fingerprint density at radius 3 is 2.53 bits per heavy atom. The van der Waals surface area contributed by atoms with Gasteiger partial charge in [0.15, 0.2) is 0 Å². The lowest BCUT2D eigenvalue weighted by molar-refractivity contribution is -0.274. The fourth-order valence-electron chi connectivity index (χ4n) is 2.70. The number of hydrogen-bond donors (Lipinski definition) is 2. The summed E-state index contributed by atoms with van der Waals surface area (Å²) in [5.74, 6) is -0.321. The zero-order valence-electron chi connectivity index (χ0n) is 17.2. The molecule has 0 aliphatic heterocycles. The first-order valence-corrected chi connectivity index (χ1v) is 9.83. The summed E-state index contributed by atoms with van der Waals surface area (Å²) in [5.41, 5.74) is 1.23. The highest BCUT2D eigenvalue weighted by Gasteiger charge is 2.31. The molecule has 1 aromatic heterocycles. The Hall–Kier alpha value is -3.11. The normalized spacial score (nSPS) is 11.5. The molecule has 0 aliphatic carbocycles. The van der Waals surface area contributed by atoms with E-state index < -0.39 is 12.2 Å². The van der Waals surface area contributed by atoms with Crippen LogP contribution in [-0.4, -0.2) is 48.4 Å². The molecule has 0 fully saturated rings. The molecule has 0 amide bonds. The van der Waals surface area contributed by atoms with Crippen molar-refractivity contribution in [2.75, 3.05) is 37.8 Å². The van der Waals surface area contributed by atoms with Crippen LogP contribution in [0.25, 0.3) is 11.3 Å². The lowest BCUT2D eigenvalue weighted by atomic mass is 10.1. The van der Waals surface area contributed by atoms with Crippen molar-refractivity contribution in [3.8, 4) is 17.0 Å². The largest absolute Gasteiger partial charge is 0.573 e. The first kappa shape index (κ1) is 23.6. The second-order valence-electron chi connectivity index (χ2n) is 7.02. The quantitative estimate of drug-likeness (QED) is 0.422. The van der Waals surface area contributed by atoms with Crippen molar-refractivity contribution in [1.82, 2.24) is 14.9 Å². The van der Waals surface area contributed by atoms with Crippen LogP contribution in [0.15, 0.2) is 48.5 Å². The Kier molecular flexibility index (Phi) is 7.37. The minimum Gasteiger partial charge on any atom is -0.406 e. The first-order chi connectivity index (χ1) is 15.1. The molecule has 0 saturated heterocycles. The summed E-state index contributed by atoms with van der Waals surface area (Å²) in [7, 11) is 3.83. The Balaban J connectivity index is 1.94. The van der Waals surface area contributed by atoms with E-state index in [1.807, 2.05) is 19.0 Å². The number of benzene rings is 2. The summed E-state index contributed by atoms with van der Waals surface area (Å²) in [5, 5.41) is 6.03. The van der Waals surface area contributed by atoms with Gasteiger partial charge in [-0.2, -0.15) is 4.98 Å². The van der Waals surface area contributed by atoms with Crippen LogP contribution < -0.4 is 15.4 Å². The van der Waals surface area contributed by atoms with E-state index in [2.05, 4.69) is 25.3 Å².